The first kappa shape index (κ1) is 16.5. The van der Waals surface area contributed by atoms with Crippen LogP contribution in [0, 0.1) is 18.6 Å². The maximum atomic E-state index is 14.5. The molecule has 0 fully saturated rings. The Labute approximate surface area is 141 Å². The van der Waals surface area contributed by atoms with Gasteiger partial charge in [0, 0.05) is 30.1 Å². The number of nitrogens with zero attached hydrogens (tertiary/aromatic N) is 3. The first-order valence-corrected chi connectivity index (χ1v) is 7.52. The smallest absolute Gasteiger partial charge is 0.223 e. The summed E-state index contributed by atoms with van der Waals surface area (Å²) in [5.41, 5.74) is 6.42. The Bertz CT molecular complexity index is 898. The first-order chi connectivity index (χ1) is 11.5. The lowest BCUT2D eigenvalue weighted by atomic mass is 9.99. The molecule has 0 radical (unpaired) electrons. The van der Waals surface area contributed by atoms with Crippen molar-refractivity contribution in [3.63, 3.8) is 0 Å². The van der Waals surface area contributed by atoms with E-state index in [9.17, 15) is 8.78 Å². The molecule has 0 aliphatic rings. The van der Waals surface area contributed by atoms with Crippen molar-refractivity contribution in [1.29, 1.82) is 0 Å². The summed E-state index contributed by atoms with van der Waals surface area (Å²) in [4.78, 5) is 8.09. The summed E-state index contributed by atoms with van der Waals surface area (Å²) in [6.07, 6.45) is 1.75. The van der Waals surface area contributed by atoms with Crippen molar-refractivity contribution >= 4 is 11.6 Å². The molecule has 3 rings (SSSR count). The van der Waals surface area contributed by atoms with E-state index in [4.69, 9.17) is 21.9 Å². The molecule has 0 aliphatic carbocycles. The van der Waals surface area contributed by atoms with Gasteiger partial charge in [-0.05, 0) is 30.3 Å². The number of rotatable bonds is 4. The van der Waals surface area contributed by atoms with E-state index in [0.29, 0.717) is 17.5 Å². The quantitative estimate of drug-likeness (QED) is 0.778. The molecular formula is C16H13ClF2N4O. The Morgan fingerprint density at radius 1 is 1.21 bits per heavy atom. The van der Waals surface area contributed by atoms with E-state index >= 15 is 0 Å². The molecule has 3 aromatic rings. The van der Waals surface area contributed by atoms with Crippen LogP contribution < -0.4 is 5.73 Å². The fourth-order valence-electron chi connectivity index (χ4n) is 2.36. The highest BCUT2D eigenvalue weighted by atomic mass is 35.5. The van der Waals surface area contributed by atoms with Gasteiger partial charge in [0.2, 0.25) is 11.7 Å². The zero-order valence-corrected chi connectivity index (χ0v) is 13.4. The third-order valence-corrected chi connectivity index (χ3v) is 3.63. The molecule has 0 unspecified atom stereocenters. The average molecular weight is 351 g/mol. The number of nitrogens with two attached hydrogens (primary N) is 1. The van der Waals surface area contributed by atoms with Gasteiger partial charge >= 0.3 is 0 Å². The molecule has 1 aromatic carbocycles. The van der Waals surface area contributed by atoms with Gasteiger partial charge in [-0.1, -0.05) is 16.8 Å². The molecule has 0 aliphatic heterocycles. The molecule has 24 heavy (non-hydrogen) atoms. The molecule has 0 atom stereocenters. The maximum absolute atomic E-state index is 14.5. The molecule has 2 heterocycles. The van der Waals surface area contributed by atoms with Gasteiger partial charge in [0.1, 0.15) is 11.6 Å². The third-order valence-electron chi connectivity index (χ3n) is 3.42. The minimum Gasteiger partial charge on any atom is -0.339 e. The number of benzene rings is 1. The Hall–Kier alpha value is -2.38. The van der Waals surface area contributed by atoms with Crippen LogP contribution >= 0.6 is 11.6 Å². The SMILES string of the molecule is Cc1nc(-c2c(F)cc(Cl)cc2-c2cnc(CCN)c(F)c2)no1. The third kappa shape index (κ3) is 3.13. The fraction of sp³-hybridized carbons (Fsp3) is 0.188. The lowest BCUT2D eigenvalue weighted by molar-refractivity contribution is 0.394. The standard InChI is InChI=1S/C16H13ClF2N4O/c1-8-22-16(23-24-8)15-11(5-10(17)6-13(15)19)9-4-12(18)14(2-3-20)21-7-9/h4-7H,2-3,20H2,1H3. The van der Waals surface area contributed by atoms with Crippen molar-refractivity contribution in [3.05, 3.63) is 52.6 Å². The summed E-state index contributed by atoms with van der Waals surface area (Å²) in [6, 6.07) is 3.91. The second kappa shape index (κ2) is 6.62. The number of aryl methyl sites for hydroxylation is 1. The predicted molar refractivity (Wildman–Crippen MR) is 85.4 cm³/mol. The maximum Gasteiger partial charge on any atom is 0.223 e. The van der Waals surface area contributed by atoms with E-state index in [1.54, 1.807) is 6.92 Å². The van der Waals surface area contributed by atoms with Gasteiger partial charge in [-0.25, -0.2) is 8.78 Å². The topological polar surface area (TPSA) is 77.8 Å². The van der Waals surface area contributed by atoms with Gasteiger partial charge in [0.15, 0.2) is 0 Å². The van der Waals surface area contributed by atoms with Crippen LogP contribution in [-0.2, 0) is 6.42 Å². The minimum atomic E-state index is -0.634. The molecule has 5 nitrogen and oxygen atoms in total. The first-order valence-electron chi connectivity index (χ1n) is 7.14. The normalized spacial score (nSPS) is 11.0. The van der Waals surface area contributed by atoms with E-state index in [0.717, 1.165) is 6.07 Å². The molecule has 0 saturated heterocycles. The van der Waals surface area contributed by atoms with Crippen LogP contribution in [-0.4, -0.2) is 21.7 Å². The summed E-state index contributed by atoms with van der Waals surface area (Å²) in [5, 5.41) is 3.90. The van der Waals surface area contributed by atoms with Gasteiger partial charge in [-0.3, -0.25) is 4.98 Å². The fourth-order valence-corrected chi connectivity index (χ4v) is 2.57. The molecule has 0 spiro atoms. The predicted octanol–water partition coefficient (Wildman–Crippen LogP) is 3.54. The van der Waals surface area contributed by atoms with Crippen LogP contribution in [0.15, 0.2) is 28.9 Å². The molecule has 124 valence electrons. The highest BCUT2D eigenvalue weighted by Crippen LogP contribution is 2.35. The molecule has 8 heteroatoms. The van der Waals surface area contributed by atoms with Crippen LogP contribution in [0.4, 0.5) is 8.78 Å². The van der Waals surface area contributed by atoms with Crippen molar-refractivity contribution < 1.29 is 13.3 Å². The average Bonchev–Trinajstić information content (AvgIpc) is 2.94. The number of aromatic nitrogens is 3. The van der Waals surface area contributed by atoms with Crippen LogP contribution in [0.3, 0.4) is 0 Å². The molecule has 0 bridgehead atoms. The number of hydrogen-bond donors (Lipinski definition) is 1. The summed E-state index contributed by atoms with van der Waals surface area (Å²) in [7, 11) is 0. The van der Waals surface area contributed by atoms with Gasteiger partial charge < -0.3 is 10.3 Å². The number of hydrogen-bond acceptors (Lipinski definition) is 5. The number of pyridine rings is 1. The van der Waals surface area contributed by atoms with E-state index in [-0.39, 0.29) is 34.5 Å². The zero-order valence-electron chi connectivity index (χ0n) is 12.7. The summed E-state index contributed by atoms with van der Waals surface area (Å²) in [6.45, 7) is 1.87. The van der Waals surface area contributed by atoms with Crippen molar-refractivity contribution in [1.82, 2.24) is 15.1 Å². The summed E-state index contributed by atoms with van der Waals surface area (Å²) < 4.78 is 33.5. The van der Waals surface area contributed by atoms with E-state index < -0.39 is 11.6 Å². The Morgan fingerprint density at radius 2 is 2.00 bits per heavy atom. The van der Waals surface area contributed by atoms with Gasteiger partial charge in [0.25, 0.3) is 0 Å². The second-order valence-electron chi connectivity index (χ2n) is 5.14. The lowest BCUT2D eigenvalue weighted by Gasteiger charge is -2.10. The Morgan fingerprint density at radius 3 is 2.62 bits per heavy atom. The van der Waals surface area contributed by atoms with Gasteiger partial charge in [0.05, 0.1) is 11.3 Å². The van der Waals surface area contributed by atoms with E-state index in [1.165, 1.54) is 18.3 Å². The molecule has 0 saturated carbocycles. The van der Waals surface area contributed by atoms with Crippen LogP contribution in [0.5, 0.6) is 0 Å². The Balaban J connectivity index is 2.19. The van der Waals surface area contributed by atoms with Gasteiger partial charge in [-0.15, -0.1) is 0 Å². The molecule has 2 N–H and O–H groups in total. The second-order valence-corrected chi connectivity index (χ2v) is 5.57. The van der Waals surface area contributed by atoms with E-state index in [1.807, 2.05) is 0 Å². The van der Waals surface area contributed by atoms with Gasteiger partial charge in [-0.2, -0.15) is 4.98 Å². The highest BCUT2D eigenvalue weighted by Gasteiger charge is 2.20. The summed E-state index contributed by atoms with van der Waals surface area (Å²) in [5.74, 6) is -0.811. The molecular weight excluding hydrogens is 338 g/mol. The van der Waals surface area contributed by atoms with Crippen LogP contribution in [0.25, 0.3) is 22.5 Å². The van der Waals surface area contributed by atoms with Crippen LogP contribution in [0.1, 0.15) is 11.6 Å². The monoisotopic (exact) mass is 350 g/mol. The highest BCUT2D eigenvalue weighted by molar-refractivity contribution is 6.31. The zero-order chi connectivity index (χ0) is 17.3. The van der Waals surface area contributed by atoms with Crippen molar-refractivity contribution in [2.24, 2.45) is 5.73 Å². The molecule has 2 aromatic heterocycles. The van der Waals surface area contributed by atoms with E-state index in [2.05, 4.69) is 15.1 Å². The Kier molecular flexibility index (Phi) is 4.55. The van der Waals surface area contributed by atoms with Crippen LogP contribution in [0.2, 0.25) is 5.02 Å². The van der Waals surface area contributed by atoms with Crippen molar-refractivity contribution in [2.45, 2.75) is 13.3 Å². The number of halogens is 3. The van der Waals surface area contributed by atoms with Crippen molar-refractivity contribution in [3.8, 4) is 22.5 Å². The minimum absolute atomic E-state index is 0.0584. The largest absolute Gasteiger partial charge is 0.339 e. The summed E-state index contributed by atoms with van der Waals surface area (Å²) >= 11 is 5.95. The van der Waals surface area contributed by atoms with Crippen molar-refractivity contribution in [2.75, 3.05) is 6.54 Å². The molecule has 0 amide bonds. The lowest BCUT2D eigenvalue weighted by Crippen LogP contribution is -2.06.